The van der Waals surface area contributed by atoms with Gasteiger partial charge >= 0.3 is 0 Å². The zero-order valence-corrected chi connectivity index (χ0v) is 16.0. The minimum atomic E-state index is 0.829. The molecule has 0 spiro atoms. The molecule has 21 heavy (non-hydrogen) atoms. The maximum atomic E-state index is 5.43. The summed E-state index contributed by atoms with van der Waals surface area (Å²) in [6.45, 7) is 8.28. The summed E-state index contributed by atoms with van der Waals surface area (Å²) in [7, 11) is 3.75. The largest absolute Gasteiger partial charge is 0.399 e. The molecule has 0 aliphatic rings. The van der Waals surface area contributed by atoms with Crippen LogP contribution in [0, 0.1) is 6.92 Å². The SMILES string of the molecule is CC.CCCCCCCS.CNC.Cc1ccc(N)cc1. The maximum absolute atomic E-state index is 5.43. The molecule has 0 atom stereocenters. The smallest absolute Gasteiger partial charge is 0.0314 e. The Morgan fingerprint density at radius 3 is 1.71 bits per heavy atom. The summed E-state index contributed by atoms with van der Waals surface area (Å²) in [4.78, 5) is 0. The topological polar surface area (TPSA) is 38.0 Å². The standard InChI is InChI=1S/C7H9N.C7H16S.C2H7N.C2H6/c1-6-2-4-7(8)5-3-6;1-2-3-4-5-6-7-8;1-3-2;1-2/h2-5H,8H2,1H3;8H,2-7H2,1H3;3H,1-2H3;1-2H3. The van der Waals surface area contributed by atoms with Crippen LogP contribution in [0.2, 0.25) is 0 Å². The molecule has 0 saturated heterocycles. The van der Waals surface area contributed by atoms with Gasteiger partial charge in [0.05, 0.1) is 0 Å². The first-order valence-electron chi connectivity index (χ1n) is 8.13. The number of aryl methyl sites for hydroxylation is 1. The Hall–Kier alpha value is -0.670. The van der Waals surface area contributed by atoms with Gasteiger partial charge in [-0.3, -0.25) is 0 Å². The van der Waals surface area contributed by atoms with E-state index in [0.717, 1.165) is 11.4 Å². The third-order valence-corrected chi connectivity index (χ3v) is 2.66. The minimum Gasteiger partial charge on any atom is -0.399 e. The average molecular weight is 315 g/mol. The Balaban J connectivity index is -0.000000237. The van der Waals surface area contributed by atoms with E-state index in [-0.39, 0.29) is 0 Å². The Labute approximate surface area is 139 Å². The maximum Gasteiger partial charge on any atom is 0.0314 e. The van der Waals surface area contributed by atoms with Gasteiger partial charge in [0.1, 0.15) is 0 Å². The Morgan fingerprint density at radius 1 is 0.952 bits per heavy atom. The number of thiol groups is 1. The van der Waals surface area contributed by atoms with Crippen molar-refractivity contribution in [2.24, 2.45) is 0 Å². The van der Waals surface area contributed by atoms with Crippen LogP contribution in [0.3, 0.4) is 0 Å². The summed E-state index contributed by atoms with van der Waals surface area (Å²) in [5.41, 5.74) is 7.51. The molecule has 0 amide bonds. The van der Waals surface area contributed by atoms with E-state index in [1.54, 1.807) is 0 Å². The molecule has 3 heteroatoms. The first-order valence-corrected chi connectivity index (χ1v) is 8.77. The zero-order chi connectivity index (χ0) is 16.9. The number of benzene rings is 1. The Morgan fingerprint density at radius 2 is 1.38 bits per heavy atom. The number of nitrogens with one attached hydrogen (secondary N) is 1. The highest BCUT2D eigenvalue weighted by Gasteiger charge is 1.83. The molecule has 0 aliphatic heterocycles. The van der Waals surface area contributed by atoms with E-state index in [9.17, 15) is 0 Å². The molecule has 0 aromatic heterocycles. The van der Waals surface area contributed by atoms with E-state index in [1.165, 1.54) is 37.7 Å². The lowest BCUT2D eigenvalue weighted by molar-refractivity contribution is 0.660. The number of anilines is 1. The predicted octanol–water partition coefficient (Wildman–Crippen LogP) is 5.33. The van der Waals surface area contributed by atoms with E-state index < -0.39 is 0 Å². The first-order chi connectivity index (χ1) is 10.1. The van der Waals surface area contributed by atoms with Gasteiger partial charge in [-0.2, -0.15) is 12.6 Å². The number of hydrogen-bond donors (Lipinski definition) is 3. The van der Waals surface area contributed by atoms with Gasteiger partial charge in [-0.1, -0.05) is 64.2 Å². The molecule has 1 aromatic rings. The van der Waals surface area contributed by atoms with Crippen molar-refractivity contribution in [2.45, 2.75) is 59.8 Å². The summed E-state index contributed by atoms with van der Waals surface area (Å²) in [6.07, 6.45) is 6.80. The fourth-order valence-corrected chi connectivity index (χ4v) is 1.51. The highest BCUT2D eigenvalue weighted by Crippen LogP contribution is 2.02. The number of unbranched alkanes of at least 4 members (excludes halogenated alkanes) is 4. The normalized spacial score (nSPS) is 8.33. The van der Waals surface area contributed by atoms with E-state index >= 15 is 0 Å². The van der Waals surface area contributed by atoms with Crippen molar-refractivity contribution in [2.75, 3.05) is 25.6 Å². The molecule has 1 aromatic carbocycles. The van der Waals surface area contributed by atoms with Crippen molar-refractivity contribution in [3.8, 4) is 0 Å². The number of hydrogen-bond acceptors (Lipinski definition) is 3. The molecule has 1 rings (SSSR count). The second kappa shape index (κ2) is 24.4. The van der Waals surface area contributed by atoms with Crippen molar-refractivity contribution < 1.29 is 0 Å². The fourth-order valence-electron chi connectivity index (χ4n) is 1.28. The summed E-state index contributed by atoms with van der Waals surface area (Å²) < 4.78 is 0. The van der Waals surface area contributed by atoms with Crippen molar-refractivity contribution in [3.63, 3.8) is 0 Å². The van der Waals surface area contributed by atoms with Crippen LogP contribution in [0.4, 0.5) is 5.69 Å². The number of nitrogen functional groups attached to an aromatic ring is 1. The van der Waals surface area contributed by atoms with Crippen LogP contribution in [0.5, 0.6) is 0 Å². The summed E-state index contributed by atoms with van der Waals surface area (Å²) in [5, 5.41) is 2.75. The zero-order valence-electron chi connectivity index (χ0n) is 15.1. The van der Waals surface area contributed by atoms with Crippen molar-refractivity contribution in [1.82, 2.24) is 5.32 Å². The van der Waals surface area contributed by atoms with Gasteiger partial charge < -0.3 is 11.1 Å². The first kappa shape index (κ1) is 25.3. The monoisotopic (exact) mass is 314 g/mol. The summed E-state index contributed by atoms with van der Waals surface area (Å²) >= 11 is 4.12. The molecule has 126 valence electrons. The van der Waals surface area contributed by atoms with E-state index in [0.29, 0.717) is 0 Å². The van der Waals surface area contributed by atoms with Gasteiger partial charge in [0.25, 0.3) is 0 Å². The Kier molecular flexibility index (Phi) is 29.3. The van der Waals surface area contributed by atoms with E-state index in [1.807, 2.05) is 59.1 Å². The molecule has 3 N–H and O–H groups in total. The molecule has 0 bridgehead atoms. The lowest BCUT2D eigenvalue weighted by atomic mass is 10.2. The molecule has 0 saturated carbocycles. The molecular formula is C18H38N2S. The molecule has 0 aliphatic carbocycles. The van der Waals surface area contributed by atoms with E-state index in [2.05, 4.69) is 24.9 Å². The molecule has 0 fully saturated rings. The van der Waals surface area contributed by atoms with Gasteiger partial charge in [-0.05, 0) is 45.3 Å². The molecule has 0 unspecified atom stereocenters. The molecule has 0 radical (unpaired) electrons. The van der Waals surface area contributed by atoms with Crippen LogP contribution in [0.25, 0.3) is 0 Å². The molecule has 2 nitrogen and oxygen atoms in total. The molecule has 0 heterocycles. The fraction of sp³-hybridized carbons (Fsp3) is 0.667. The van der Waals surface area contributed by atoms with Crippen molar-refractivity contribution in [1.29, 1.82) is 0 Å². The van der Waals surface area contributed by atoms with Crippen molar-refractivity contribution in [3.05, 3.63) is 29.8 Å². The number of nitrogens with two attached hydrogens (primary N) is 1. The van der Waals surface area contributed by atoms with Gasteiger partial charge in [0, 0.05) is 5.69 Å². The quantitative estimate of drug-likeness (QED) is 0.390. The Bertz CT molecular complexity index is 233. The lowest BCUT2D eigenvalue weighted by Gasteiger charge is -1.93. The highest BCUT2D eigenvalue weighted by atomic mass is 32.1. The minimum absolute atomic E-state index is 0.829. The number of rotatable bonds is 5. The van der Waals surface area contributed by atoms with Crippen LogP contribution in [0.15, 0.2) is 24.3 Å². The average Bonchev–Trinajstić information content (AvgIpc) is 2.50. The second-order valence-electron chi connectivity index (χ2n) is 4.55. The highest BCUT2D eigenvalue weighted by molar-refractivity contribution is 7.80. The van der Waals surface area contributed by atoms with Crippen LogP contribution in [-0.4, -0.2) is 19.8 Å². The summed E-state index contributed by atoms with van der Waals surface area (Å²) in [5.74, 6) is 1.06. The van der Waals surface area contributed by atoms with Crippen LogP contribution in [0.1, 0.15) is 58.4 Å². The van der Waals surface area contributed by atoms with Crippen molar-refractivity contribution >= 4 is 18.3 Å². The van der Waals surface area contributed by atoms with Gasteiger partial charge in [0.2, 0.25) is 0 Å². The third kappa shape index (κ3) is 28.3. The summed E-state index contributed by atoms with van der Waals surface area (Å²) in [6, 6.07) is 7.79. The molecular weight excluding hydrogens is 276 g/mol. The predicted molar refractivity (Wildman–Crippen MR) is 105 cm³/mol. The third-order valence-electron chi connectivity index (χ3n) is 2.34. The van der Waals surface area contributed by atoms with Crippen LogP contribution >= 0.6 is 12.6 Å². The second-order valence-corrected chi connectivity index (χ2v) is 5.00. The van der Waals surface area contributed by atoms with Crippen LogP contribution in [-0.2, 0) is 0 Å². The van der Waals surface area contributed by atoms with E-state index in [4.69, 9.17) is 5.73 Å². The van der Waals surface area contributed by atoms with Gasteiger partial charge in [-0.15, -0.1) is 0 Å². The lowest BCUT2D eigenvalue weighted by Crippen LogP contribution is -1.89. The van der Waals surface area contributed by atoms with Gasteiger partial charge in [0.15, 0.2) is 0 Å². The van der Waals surface area contributed by atoms with Gasteiger partial charge in [-0.25, -0.2) is 0 Å². The van der Waals surface area contributed by atoms with Crippen LogP contribution < -0.4 is 11.1 Å².